The molecule has 148 valence electrons. The molecule has 0 spiro atoms. The first-order valence-corrected chi connectivity index (χ1v) is 11.0. The predicted octanol–water partition coefficient (Wildman–Crippen LogP) is 2.63. The molecular formula is C19H29N5O2S. The first-order valence-electron chi connectivity index (χ1n) is 9.62. The van der Waals surface area contributed by atoms with Gasteiger partial charge in [-0.1, -0.05) is 19.8 Å². The smallest absolute Gasteiger partial charge is 0.225 e. The number of carbonyl (C=O) groups is 1. The van der Waals surface area contributed by atoms with E-state index in [0.717, 1.165) is 54.7 Å². The van der Waals surface area contributed by atoms with E-state index in [9.17, 15) is 9.90 Å². The highest BCUT2D eigenvalue weighted by molar-refractivity contribution is 7.98. The summed E-state index contributed by atoms with van der Waals surface area (Å²) in [5.41, 5.74) is 2.65. The summed E-state index contributed by atoms with van der Waals surface area (Å²) in [6.45, 7) is 4.42. The Morgan fingerprint density at radius 3 is 3.04 bits per heavy atom. The third kappa shape index (κ3) is 5.00. The summed E-state index contributed by atoms with van der Waals surface area (Å²) in [6, 6.07) is 0. The van der Waals surface area contributed by atoms with Crippen LogP contribution in [0.4, 0.5) is 5.82 Å². The average molecular weight is 392 g/mol. The maximum atomic E-state index is 12.1. The van der Waals surface area contributed by atoms with Crippen molar-refractivity contribution in [3.05, 3.63) is 18.1 Å². The third-order valence-electron chi connectivity index (χ3n) is 5.06. The minimum atomic E-state index is -0.268. The van der Waals surface area contributed by atoms with E-state index in [4.69, 9.17) is 0 Å². The molecule has 0 saturated carbocycles. The van der Waals surface area contributed by atoms with Crippen LogP contribution >= 0.6 is 11.8 Å². The topological polar surface area (TPSA) is 94.1 Å². The highest BCUT2D eigenvalue weighted by atomic mass is 32.2. The zero-order valence-corrected chi connectivity index (χ0v) is 16.9. The van der Waals surface area contributed by atoms with E-state index in [0.29, 0.717) is 24.7 Å². The largest absolute Gasteiger partial charge is 0.391 e. The number of hydrogen-bond donors (Lipinski definition) is 3. The van der Waals surface area contributed by atoms with Crippen molar-refractivity contribution in [2.24, 2.45) is 5.92 Å². The van der Waals surface area contributed by atoms with Crippen molar-refractivity contribution < 1.29 is 9.90 Å². The van der Waals surface area contributed by atoms with Crippen LogP contribution in [-0.4, -0.2) is 62.1 Å². The number of likely N-dealkylation sites (tertiary alicyclic amines) is 1. The van der Waals surface area contributed by atoms with E-state index in [-0.39, 0.29) is 12.0 Å². The monoisotopic (exact) mass is 391 g/mol. The number of aromatic amines is 1. The Kier molecular flexibility index (Phi) is 7.09. The number of rotatable bonds is 9. The van der Waals surface area contributed by atoms with E-state index >= 15 is 0 Å². The van der Waals surface area contributed by atoms with Crippen LogP contribution in [0, 0.1) is 5.92 Å². The van der Waals surface area contributed by atoms with Crippen LogP contribution in [0.1, 0.15) is 38.2 Å². The predicted molar refractivity (Wildman–Crippen MR) is 110 cm³/mol. The van der Waals surface area contributed by atoms with Crippen LogP contribution < -0.4 is 5.32 Å². The molecule has 2 atom stereocenters. The molecule has 1 fully saturated rings. The Bertz CT molecular complexity index is 766. The van der Waals surface area contributed by atoms with Gasteiger partial charge in [-0.3, -0.25) is 9.69 Å². The van der Waals surface area contributed by atoms with Crippen molar-refractivity contribution in [3.63, 3.8) is 0 Å². The number of fused-ring (bicyclic) bond motifs is 1. The van der Waals surface area contributed by atoms with Crippen LogP contribution in [0.25, 0.3) is 11.0 Å². The third-order valence-corrected chi connectivity index (χ3v) is 5.83. The van der Waals surface area contributed by atoms with Gasteiger partial charge in [0, 0.05) is 43.7 Å². The molecule has 1 amide bonds. The molecule has 3 N–H and O–H groups in total. The molecule has 1 saturated heterocycles. The summed E-state index contributed by atoms with van der Waals surface area (Å²) in [4.78, 5) is 26.3. The first kappa shape index (κ1) is 20.1. The average Bonchev–Trinajstić information content (AvgIpc) is 3.20. The number of amides is 1. The van der Waals surface area contributed by atoms with Crippen molar-refractivity contribution in [2.45, 2.75) is 45.3 Å². The maximum absolute atomic E-state index is 12.1. The van der Waals surface area contributed by atoms with Crippen molar-refractivity contribution in [3.8, 4) is 0 Å². The molecular weight excluding hydrogens is 362 g/mol. The summed E-state index contributed by atoms with van der Waals surface area (Å²) >= 11 is 1.78. The molecule has 2 aromatic heterocycles. The SMILES string of the molecule is CCCCCC(=O)Nc1ncnc2c(CN3C[C@H](CSC)[C@@H](O)C3)c[nH]c12. The van der Waals surface area contributed by atoms with Gasteiger partial charge in [-0.25, -0.2) is 9.97 Å². The number of aliphatic hydroxyl groups is 1. The number of carbonyl (C=O) groups excluding carboxylic acids is 1. The van der Waals surface area contributed by atoms with Crippen molar-refractivity contribution >= 4 is 34.5 Å². The van der Waals surface area contributed by atoms with Crippen LogP contribution in [0.3, 0.4) is 0 Å². The molecule has 1 aliphatic rings. The normalized spacial score (nSPS) is 20.4. The molecule has 0 aliphatic carbocycles. The highest BCUT2D eigenvalue weighted by Gasteiger charge is 2.31. The molecule has 0 bridgehead atoms. The first-order chi connectivity index (χ1) is 13.1. The quantitative estimate of drug-likeness (QED) is 0.569. The molecule has 2 aromatic rings. The van der Waals surface area contributed by atoms with Crippen LogP contribution in [0.2, 0.25) is 0 Å². The lowest BCUT2D eigenvalue weighted by Gasteiger charge is -2.14. The number of nitrogens with zero attached hydrogens (tertiary/aromatic N) is 3. The van der Waals surface area contributed by atoms with Crippen molar-refractivity contribution in [2.75, 3.05) is 30.4 Å². The molecule has 0 unspecified atom stereocenters. The molecule has 7 nitrogen and oxygen atoms in total. The van der Waals surface area contributed by atoms with Crippen LogP contribution in [-0.2, 0) is 11.3 Å². The molecule has 0 aromatic carbocycles. The summed E-state index contributed by atoms with van der Waals surface area (Å²) in [5.74, 6) is 1.82. The molecule has 0 radical (unpaired) electrons. The van der Waals surface area contributed by atoms with Gasteiger partial charge in [0.2, 0.25) is 5.91 Å². The standard InChI is InChI=1S/C19H29N5O2S/c1-3-4-5-6-16(26)23-19-18-17(21-12-22-19)13(7-20-18)8-24-9-14(11-27-2)15(25)10-24/h7,12,14-15,20,25H,3-6,8-11H2,1-2H3,(H,21,22,23,26)/t14-,15+/m1/s1. The summed E-state index contributed by atoms with van der Waals surface area (Å²) in [5, 5.41) is 13.1. The number of β-amino-alcohol motifs (C(OH)–C–C–N with tert-alkyl or cyclic N) is 1. The lowest BCUT2D eigenvalue weighted by Crippen LogP contribution is -2.21. The Morgan fingerprint density at radius 2 is 2.26 bits per heavy atom. The van der Waals surface area contributed by atoms with Crippen LogP contribution in [0.15, 0.2) is 12.5 Å². The van der Waals surface area contributed by atoms with E-state index in [1.807, 2.05) is 6.20 Å². The number of anilines is 1. The van der Waals surface area contributed by atoms with Gasteiger partial charge in [0.1, 0.15) is 11.8 Å². The van der Waals surface area contributed by atoms with Crippen molar-refractivity contribution in [1.82, 2.24) is 19.9 Å². The van der Waals surface area contributed by atoms with Gasteiger partial charge in [-0.15, -0.1) is 0 Å². The van der Waals surface area contributed by atoms with Crippen LogP contribution in [0.5, 0.6) is 0 Å². The Balaban J connectivity index is 1.67. The molecule has 3 rings (SSSR count). The number of H-pyrrole nitrogens is 1. The van der Waals surface area contributed by atoms with E-state index in [1.54, 1.807) is 11.8 Å². The Hall–Kier alpha value is -1.64. The van der Waals surface area contributed by atoms with Gasteiger partial charge < -0.3 is 15.4 Å². The molecule has 1 aliphatic heterocycles. The fourth-order valence-electron chi connectivity index (χ4n) is 3.63. The number of aliphatic hydroxyl groups excluding tert-OH is 1. The zero-order valence-electron chi connectivity index (χ0n) is 16.1. The summed E-state index contributed by atoms with van der Waals surface area (Å²) in [7, 11) is 0. The summed E-state index contributed by atoms with van der Waals surface area (Å²) in [6.07, 6.45) is 8.78. The maximum Gasteiger partial charge on any atom is 0.225 e. The highest BCUT2D eigenvalue weighted by Crippen LogP contribution is 2.26. The lowest BCUT2D eigenvalue weighted by molar-refractivity contribution is -0.116. The Labute approximate surface area is 164 Å². The van der Waals surface area contributed by atoms with Gasteiger partial charge in [0.15, 0.2) is 5.82 Å². The number of unbranched alkanes of at least 4 members (excludes halogenated alkanes) is 2. The molecule has 3 heterocycles. The fraction of sp³-hybridized carbons (Fsp3) is 0.632. The van der Waals surface area contributed by atoms with Gasteiger partial charge >= 0.3 is 0 Å². The zero-order chi connectivity index (χ0) is 19.2. The van der Waals surface area contributed by atoms with E-state index in [2.05, 4.69) is 38.3 Å². The molecule has 8 heteroatoms. The van der Waals surface area contributed by atoms with E-state index < -0.39 is 0 Å². The molecule has 27 heavy (non-hydrogen) atoms. The summed E-state index contributed by atoms with van der Waals surface area (Å²) < 4.78 is 0. The van der Waals surface area contributed by atoms with Gasteiger partial charge in [0.05, 0.1) is 11.6 Å². The number of hydrogen-bond acceptors (Lipinski definition) is 6. The van der Waals surface area contributed by atoms with Crippen molar-refractivity contribution in [1.29, 1.82) is 0 Å². The second-order valence-corrected chi connectivity index (χ2v) is 8.15. The van der Waals surface area contributed by atoms with Gasteiger partial charge in [-0.2, -0.15) is 11.8 Å². The van der Waals surface area contributed by atoms with Gasteiger partial charge in [-0.05, 0) is 18.4 Å². The second-order valence-electron chi connectivity index (χ2n) is 7.24. The minimum absolute atomic E-state index is 0.0119. The minimum Gasteiger partial charge on any atom is -0.391 e. The number of aromatic nitrogens is 3. The second kappa shape index (κ2) is 9.52. The fourth-order valence-corrected chi connectivity index (χ4v) is 4.38. The Morgan fingerprint density at radius 1 is 1.41 bits per heavy atom. The number of thioether (sulfide) groups is 1. The lowest BCUT2D eigenvalue weighted by atomic mass is 10.1. The van der Waals surface area contributed by atoms with E-state index in [1.165, 1.54) is 6.33 Å². The van der Waals surface area contributed by atoms with Gasteiger partial charge in [0.25, 0.3) is 0 Å². The number of nitrogens with one attached hydrogen (secondary N) is 2.